The summed E-state index contributed by atoms with van der Waals surface area (Å²) in [5, 5.41) is 5.75. The summed E-state index contributed by atoms with van der Waals surface area (Å²) in [6.07, 6.45) is 1.73. The van der Waals surface area contributed by atoms with Crippen LogP contribution in [0.4, 0.5) is 5.69 Å². The van der Waals surface area contributed by atoms with Gasteiger partial charge in [0.1, 0.15) is 5.41 Å². The Balaban J connectivity index is 1.86. The molecule has 4 nitrogen and oxygen atoms in total. The molecule has 0 saturated heterocycles. The molecule has 4 heteroatoms. The van der Waals surface area contributed by atoms with E-state index in [4.69, 9.17) is 0 Å². The van der Waals surface area contributed by atoms with Gasteiger partial charge in [-0.05, 0) is 55.4 Å². The third-order valence-electron chi connectivity index (χ3n) is 4.91. The van der Waals surface area contributed by atoms with Crippen molar-refractivity contribution in [2.24, 2.45) is 5.41 Å². The number of amides is 2. The van der Waals surface area contributed by atoms with Crippen LogP contribution in [0.25, 0.3) is 0 Å². The fraction of sp³-hybridized carbons (Fsp3) is 0.417. The second-order valence-corrected chi connectivity index (χ2v) is 8.75. The molecule has 0 aliphatic heterocycles. The van der Waals surface area contributed by atoms with Crippen LogP contribution >= 0.6 is 0 Å². The summed E-state index contributed by atoms with van der Waals surface area (Å²) in [6.45, 7) is 10.3. The lowest BCUT2D eigenvalue weighted by Crippen LogP contribution is -2.45. The van der Waals surface area contributed by atoms with Gasteiger partial charge in [0, 0.05) is 12.2 Å². The highest BCUT2D eigenvalue weighted by molar-refractivity contribution is 6.09. The Morgan fingerprint density at radius 2 is 1.43 bits per heavy atom. The van der Waals surface area contributed by atoms with Gasteiger partial charge < -0.3 is 10.6 Å². The Kier molecular flexibility index (Phi) is 7.00. The Labute approximate surface area is 168 Å². The maximum atomic E-state index is 12.6. The van der Waals surface area contributed by atoms with Gasteiger partial charge in [0.05, 0.1) is 0 Å². The van der Waals surface area contributed by atoms with Crippen LogP contribution in [0.3, 0.4) is 0 Å². The van der Waals surface area contributed by atoms with E-state index in [2.05, 4.69) is 43.5 Å². The molecule has 2 rings (SSSR count). The van der Waals surface area contributed by atoms with E-state index in [-0.39, 0.29) is 17.2 Å². The monoisotopic (exact) mass is 380 g/mol. The third-order valence-corrected chi connectivity index (χ3v) is 4.91. The quantitative estimate of drug-likeness (QED) is 0.540. The van der Waals surface area contributed by atoms with Crippen LogP contribution in [0.15, 0.2) is 54.6 Å². The van der Waals surface area contributed by atoms with Crippen LogP contribution in [0.5, 0.6) is 0 Å². The molecule has 0 saturated carbocycles. The first-order chi connectivity index (χ1) is 13.1. The van der Waals surface area contributed by atoms with Gasteiger partial charge in [-0.3, -0.25) is 9.59 Å². The smallest absolute Gasteiger partial charge is 0.239 e. The van der Waals surface area contributed by atoms with Crippen molar-refractivity contribution >= 4 is 17.5 Å². The molecule has 2 aromatic rings. The van der Waals surface area contributed by atoms with E-state index in [9.17, 15) is 9.59 Å². The molecule has 0 aliphatic rings. The summed E-state index contributed by atoms with van der Waals surface area (Å²) in [7, 11) is 0. The summed E-state index contributed by atoms with van der Waals surface area (Å²) >= 11 is 0. The van der Waals surface area contributed by atoms with Gasteiger partial charge in [0.2, 0.25) is 11.8 Å². The van der Waals surface area contributed by atoms with E-state index in [0.717, 1.165) is 12.8 Å². The topological polar surface area (TPSA) is 58.2 Å². The molecule has 0 radical (unpaired) electrons. The number of anilines is 1. The number of carbonyl (C=O) groups excluding carboxylic acids is 2. The van der Waals surface area contributed by atoms with E-state index in [1.807, 2.05) is 42.5 Å². The Morgan fingerprint density at radius 1 is 0.821 bits per heavy atom. The van der Waals surface area contributed by atoms with E-state index >= 15 is 0 Å². The molecule has 0 spiro atoms. The van der Waals surface area contributed by atoms with Gasteiger partial charge in [-0.25, -0.2) is 0 Å². The van der Waals surface area contributed by atoms with Gasteiger partial charge in [0.15, 0.2) is 0 Å². The van der Waals surface area contributed by atoms with Crippen molar-refractivity contribution in [3.05, 3.63) is 65.7 Å². The Bertz CT molecular complexity index is 788. The van der Waals surface area contributed by atoms with Crippen molar-refractivity contribution in [3.63, 3.8) is 0 Å². The third kappa shape index (κ3) is 5.95. The summed E-state index contributed by atoms with van der Waals surface area (Å²) in [4.78, 5) is 25.2. The molecule has 0 bridgehead atoms. The Morgan fingerprint density at radius 3 is 2.00 bits per heavy atom. The van der Waals surface area contributed by atoms with Crippen LogP contribution in [-0.4, -0.2) is 18.4 Å². The minimum atomic E-state index is -1.14. The molecule has 0 atom stereocenters. The number of hydrogen-bond acceptors (Lipinski definition) is 2. The average Bonchev–Trinajstić information content (AvgIpc) is 2.65. The number of nitrogens with one attached hydrogen (secondary N) is 2. The number of benzene rings is 2. The Hall–Kier alpha value is -2.62. The van der Waals surface area contributed by atoms with Crippen LogP contribution in [0.1, 0.15) is 52.2 Å². The first kappa shape index (κ1) is 21.7. The minimum Gasteiger partial charge on any atom is -0.355 e. The molecule has 0 aliphatic carbocycles. The van der Waals surface area contributed by atoms with Gasteiger partial charge in [-0.1, -0.05) is 63.2 Å². The highest BCUT2D eigenvalue weighted by Gasteiger charge is 2.35. The fourth-order valence-corrected chi connectivity index (χ4v) is 2.80. The van der Waals surface area contributed by atoms with Crippen molar-refractivity contribution in [1.29, 1.82) is 0 Å². The predicted molar refractivity (Wildman–Crippen MR) is 115 cm³/mol. The predicted octanol–water partition coefficient (Wildman–Crippen LogP) is 4.70. The second-order valence-electron chi connectivity index (χ2n) is 8.75. The first-order valence-corrected chi connectivity index (χ1v) is 9.85. The molecule has 150 valence electrons. The molecule has 0 heterocycles. The van der Waals surface area contributed by atoms with Gasteiger partial charge in [-0.2, -0.15) is 0 Å². The van der Waals surface area contributed by atoms with Crippen LogP contribution in [-0.2, 0) is 21.4 Å². The van der Waals surface area contributed by atoms with Gasteiger partial charge in [-0.15, -0.1) is 0 Å². The van der Waals surface area contributed by atoms with Crippen LogP contribution in [0.2, 0.25) is 0 Å². The van der Waals surface area contributed by atoms with E-state index in [1.165, 1.54) is 11.1 Å². The summed E-state index contributed by atoms with van der Waals surface area (Å²) in [5.41, 5.74) is 2.05. The van der Waals surface area contributed by atoms with Crippen molar-refractivity contribution in [2.75, 3.05) is 11.9 Å². The molecule has 2 aromatic carbocycles. The molecule has 0 aromatic heterocycles. The zero-order chi connectivity index (χ0) is 20.8. The van der Waals surface area contributed by atoms with Gasteiger partial charge >= 0.3 is 0 Å². The maximum absolute atomic E-state index is 12.6. The molecule has 2 N–H and O–H groups in total. The number of hydrogen-bond donors (Lipinski definition) is 2. The van der Waals surface area contributed by atoms with Crippen molar-refractivity contribution in [1.82, 2.24) is 5.32 Å². The van der Waals surface area contributed by atoms with Gasteiger partial charge in [0.25, 0.3) is 0 Å². The van der Waals surface area contributed by atoms with Crippen LogP contribution < -0.4 is 10.6 Å². The molecule has 28 heavy (non-hydrogen) atoms. The summed E-state index contributed by atoms with van der Waals surface area (Å²) in [5.74, 6) is -0.569. The van der Waals surface area contributed by atoms with Crippen molar-refractivity contribution in [2.45, 2.75) is 52.9 Å². The highest BCUT2D eigenvalue weighted by Crippen LogP contribution is 2.25. The molecular weight excluding hydrogens is 348 g/mol. The lowest BCUT2D eigenvalue weighted by molar-refractivity contribution is -0.138. The van der Waals surface area contributed by atoms with Crippen molar-refractivity contribution in [3.8, 4) is 0 Å². The average molecular weight is 381 g/mol. The molecular formula is C24H32N2O2. The van der Waals surface area contributed by atoms with Crippen LogP contribution in [0, 0.1) is 5.41 Å². The standard InChI is InChI=1S/C24H32N2O2/c1-23(2,3)19-13-15-20(16-14-19)26-22(28)24(4,5)21(27)25-17-9-12-18-10-7-6-8-11-18/h6-8,10-11,13-16H,9,12,17H2,1-5H3,(H,25,27)(H,26,28). The molecule has 0 unspecified atom stereocenters. The molecule has 2 amide bonds. The fourth-order valence-electron chi connectivity index (χ4n) is 2.80. The maximum Gasteiger partial charge on any atom is 0.239 e. The highest BCUT2D eigenvalue weighted by atomic mass is 16.2. The number of carbonyl (C=O) groups is 2. The molecule has 0 fully saturated rings. The number of aryl methyl sites for hydroxylation is 1. The normalized spacial score (nSPS) is 11.8. The SMILES string of the molecule is CC(C)(C(=O)NCCCc1ccccc1)C(=O)Nc1ccc(C(C)(C)C)cc1. The second kappa shape index (κ2) is 9.05. The van der Waals surface area contributed by atoms with E-state index in [1.54, 1.807) is 13.8 Å². The van der Waals surface area contributed by atoms with E-state index < -0.39 is 5.41 Å². The minimum absolute atomic E-state index is 0.0570. The lowest BCUT2D eigenvalue weighted by Gasteiger charge is -2.23. The largest absolute Gasteiger partial charge is 0.355 e. The zero-order valence-corrected chi connectivity index (χ0v) is 17.6. The van der Waals surface area contributed by atoms with E-state index in [0.29, 0.717) is 12.2 Å². The summed E-state index contributed by atoms with van der Waals surface area (Å²) < 4.78 is 0. The lowest BCUT2D eigenvalue weighted by atomic mass is 9.87. The zero-order valence-electron chi connectivity index (χ0n) is 17.6. The number of rotatable bonds is 7. The summed E-state index contributed by atoms with van der Waals surface area (Å²) in [6, 6.07) is 17.9. The first-order valence-electron chi connectivity index (χ1n) is 9.85. The van der Waals surface area contributed by atoms with Crippen molar-refractivity contribution < 1.29 is 9.59 Å².